The van der Waals surface area contributed by atoms with Crippen LogP contribution in [0, 0.1) is 0 Å². The summed E-state index contributed by atoms with van der Waals surface area (Å²) in [5, 5.41) is 0. The van der Waals surface area contributed by atoms with Gasteiger partial charge in [-0.15, -0.1) is 0 Å². The summed E-state index contributed by atoms with van der Waals surface area (Å²) in [5.74, 6) is 2.08. The van der Waals surface area contributed by atoms with Gasteiger partial charge in [-0.25, -0.2) is 9.97 Å². The summed E-state index contributed by atoms with van der Waals surface area (Å²) < 4.78 is 0. The predicted molar refractivity (Wildman–Crippen MR) is 104 cm³/mol. The largest absolute Gasteiger partial charge is 0.363 e. The first-order valence-corrected chi connectivity index (χ1v) is 9.59. The van der Waals surface area contributed by atoms with Crippen molar-refractivity contribution < 1.29 is 0 Å². The van der Waals surface area contributed by atoms with E-state index in [4.69, 9.17) is 0 Å². The van der Waals surface area contributed by atoms with E-state index in [-0.39, 0.29) is 0 Å². The average Bonchev–Trinajstić information content (AvgIpc) is 3.49. The van der Waals surface area contributed by atoms with Crippen molar-refractivity contribution in [3.63, 3.8) is 0 Å². The molecule has 0 bridgehead atoms. The summed E-state index contributed by atoms with van der Waals surface area (Å²) >= 11 is 0. The molecule has 0 aromatic carbocycles. The van der Waals surface area contributed by atoms with Gasteiger partial charge in [0.15, 0.2) is 0 Å². The number of piperidine rings is 1. The van der Waals surface area contributed by atoms with Crippen LogP contribution in [0.3, 0.4) is 0 Å². The van der Waals surface area contributed by atoms with Crippen LogP contribution >= 0.6 is 0 Å². The van der Waals surface area contributed by atoms with Crippen LogP contribution in [-0.2, 0) is 6.54 Å². The Hall–Kier alpha value is -2.21. The molecule has 1 aliphatic carbocycles. The zero-order valence-corrected chi connectivity index (χ0v) is 15.8. The zero-order chi connectivity index (χ0) is 17.9. The van der Waals surface area contributed by atoms with Gasteiger partial charge in [0, 0.05) is 64.3 Å². The normalized spacial score (nSPS) is 18.7. The smallest absolute Gasteiger partial charge is 0.134 e. The molecule has 0 atom stereocenters. The van der Waals surface area contributed by atoms with Crippen molar-refractivity contribution in [2.75, 3.05) is 37.0 Å². The molecule has 0 N–H and O–H groups in total. The van der Waals surface area contributed by atoms with Gasteiger partial charge in [-0.2, -0.15) is 0 Å². The molecule has 6 nitrogen and oxygen atoms in total. The van der Waals surface area contributed by atoms with E-state index >= 15 is 0 Å². The van der Waals surface area contributed by atoms with E-state index in [2.05, 4.69) is 36.9 Å². The number of rotatable bonds is 6. The number of pyridine rings is 1. The molecule has 0 unspecified atom stereocenters. The maximum Gasteiger partial charge on any atom is 0.134 e. The Morgan fingerprint density at radius 2 is 1.77 bits per heavy atom. The van der Waals surface area contributed by atoms with Crippen LogP contribution in [-0.4, -0.2) is 59.1 Å². The molecule has 138 valence electrons. The highest BCUT2D eigenvalue weighted by Crippen LogP contribution is 2.36. The first kappa shape index (κ1) is 17.2. The number of hydrogen-bond acceptors (Lipinski definition) is 6. The summed E-state index contributed by atoms with van der Waals surface area (Å²) in [6, 6.07) is 7.57. The summed E-state index contributed by atoms with van der Waals surface area (Å²) in [5.41, 5.74) is 1.30. The molecule has 1 saturated carbocycles. The van der Waals surface area contributed by atoms with E-state index in [0.29, 0.717) is 12.1 Å². The van der Waals surface area contributed by atoms with Gasteiger partial charge >= 0.3 is 0 Å². The van der Waals surface area contributed by atoms with Crippen LogP contribution in [0.4, 0.5) is 11.6 Å². The Kier molecular flexibility index (Phi) is 5.02. The Balaban J connectivity index is 1.42. The van der Waals surface area contributed by atoms with Crippen LogP contribution in [0.2, 0.25) is 0 Å². The SMILES string of the molecule is CN(C)c1cc(N(C2CC2)C2CCN(Cc3cccnc3)CC2)ncn1. The first-order chi connectivity index (χ1) is 12.7. The van der Waals surface area contributed by atoms with Crippen molar-refractivity contribution in [2.24, 2.45) is 0 Å². The third kappa shape index (κ3) is 3.96. The molecule has 0 spiro atoms. The highest BCUT2D eigenvalue weighted by atomic mass is 15.3. The van der Waals surface area contributed by atoms with E-state index in [9.17, 15) is 0 Å². The van der Waals surface area contributed by atoms with Gasteiger partial charge in [-0.05, 0) is 37.3 Å². The van der Waals surface area contributed by atoms with E-state index in [1.165, 1.54) is 31.2 Å². The van der Waals surface area contributed by atoms with Crippen molar-refractivity contribution in [1.29, 1.82) is 0 Å². The van der Waals surface area contributed by atoms with Crippen LogP contribution in [0.25, 0.3) is 0 Å². The van der Waals surface area contributed by atoms with E-state index < -0.39 is 0 Å². The fourth-order valence-electron chi connectivity index (χ4n) is 3.85. The van der Waals surface area contributed by atoms with Gasteiger partial charge in [0.05, 0.1) is 0 Å². The van der Waals surface area contributed by atoms with Gasteiger partial charge in [0.2, 0.25) is 0 Å². The highest BCUT2D eigenvalue weighted by molar-refractivity contribution is 5.51. The number of likely N-dealkylation sites (tertiary alicyclic amines) is 1. The summed E-state index contributed by atoms with van der Waals surface area (Å²) in [4.78, 5) is 20.4. The molecule has 4 rings (SSSR count). The summed E-state index contributed by atoms with van der Waals surface area (Å²) in [6.45, 7) is 3.27. The lowest BCUT2D eigenvalue weighted by atomic mass is 10.0. The van der Waals surface area contributed by atoms with Crippen molar-refractivity contribution in [3.8, 4) is 0 Å². The minimum absolute atomic E-state index is 0.581. The number of hydrogen-bond donors (Lipinski definition) is 0. The van der Waals surface area contributed by atoms with E-state index in [1.54, 1.807) is 6.33 Å². The molecule has 2 aromatic heterocycles. The minimum Gasteiger partial charge on any atom is -0.363 e. The molecule has 2 fully saturated rings. The third-order valence-corrected chi connectivity index (χ3v) is 5.38. The molecule has 1 saturated heterocycles. The van der Waals surface area contributed by atoms with Crippen LogP contribution < -0.4 is 9.80 Å². The maximum atomic E-state index is 4.61. The van der Waals surface area contributed by atoms with Crippen molar-refractivity contribution in [3.05, 3.63) is 42.5 Å². The third-order valence-electron chi connectivity index (χ3n) is 5.38. The second-order valence-corrected chi connectivity index (χ2v) is 7.64. The Morgan fingerprint density at radius 3 is 2.42 bits per heavy atom. The molecule has 2 aromatic rings. The van der Waals surface area contributed by atoms with Gasteiger partial charge in [-0.1, -0.05) is 6.07 Å². The molecule has 1 aliphatic heterocycles. The first-order valence-electron chi connectivity index (χ1n) is 9.59. The number of nitrogens with zero attached hydrogens (tertiary/aromatic N) is 6. The van der Waals surface area contributed by atoms with E-state index in [1.807, 2.05) is 37.5 Å². The van der Waals surface area contributed by atoms with Crippen LogP contribution in [0.1, 0.15) is 31.2 Å². The topological polar surface area (TPSA) is 48.4 Å². The summed E-state index contributed by atoms with van der Waals surface area (Å²) in [6.07, 6.45) is 10.5. The van der Waals surface area contributed by atoms with E-state index in [0.717, 1.165) is 31.3 Å². The Bertz CT molecular complexity index is 707. The Labute approximate surface area is 155 Å². The second-order valence-electron chi connectivity index (χ2n) is 7.64. The standard InChI is InChI=1S/C20H28N6/c1-24(2)19-12-20(23-15-22-19)26(17-5-6-17)18-7-10-25(11-8-18)14-16-4-3-9-21-13-16/h3-4,9,12-13,15,17-18H,5-8,10-11,14H2,1-2H3. The fraction of sp³-hybridized carbons (Fsp3) is 0.550. The highest BCUT2D eigenvalue weighted by Gasteiger charge is 2.36. The van der Waals surface area contributed by atoms with Crippen molar-refractivity contribution in [1.82, 2.24) is 19.9 Å². The van der Waals surface area contributed by atoms with Gasteiger partial charge in [0.25, 0.3) is 0 Å². The quantitative estimate of drug-likeness (QED) is 0.796. The lowest BCUT2D eigenvalue weighted by molar-refractivity contribution is 0.200. The lowest BCUT2D eigenvalue weighted by Crippen LogP contribution is -2.46. The molecule has 3 heterocycles. The fourth-order valence-corrected chi connectivity index (χ4v) is 3.85. The van der Waals surface area contributed by atoms with Gasteiger partial charge < -0.3 is 9.80 Å². The van der Waals surface area contributed by atoms with Gasteiger partial charge in [-0.3, -0.25) is 9.88 Å². The molecule has 2 aliphatic rings. The number of anilines is 2. The summed E-state index contributed by atoms with van der Waals surface area (Å²) in [7, 11) is 4.06. The van der Waals surface area contributed by atoms with Crippen LogP contribution in [0.15, 0.2) is 36.9 Å². The molecular weight excluding hydrogens is 324 g/mol. The predicted octanol–water partition coefficient (Wildman–Crippen LogP) is 2.57. The molecule has 0 radical (unpaired) electrons. The second kappa shape index (κ2) is 7.58. The molecular formula is C20H28N6. The molecule has 6 heteroatoms. The zero-order valence-electron chi connectivity index (χ0n) is 15.8. The van der Waals surface area contributed by atoms with Crippen LogP contribution in [0.5, 0.6) is 0 Å². The number of aromatic nitrogens is 3. The average molecular weight is 352 g/mol. The van der Waals surface area contributed by atoms with Crippen molar-refractivity contribution >= 4 is 11.6 Å². The molecule has 26 heavy (non-hydrogen) atoms. The maximum absolute atomic E-state index is 4.61. The van der Waals surface area contributed by atoms with Crippen molar-refractivity contribution in [2.45, 2.75) is 44.3 Å². The minimum atomic E-state index is 0.581. The Morgan fingerprint density at radius 1 is 1.04 bits per heavy atom. The van der Waals surface area contributed by atoms with Gasteiger partial charge in [0.1, 0.15) is 18.0 Å². The monoisotopic (exact) mass is 352 g/mol. The molecule has 0 amide bonds. The lowest BCUT2D eigenvalue weighted by Gasteiger charge is -2.39.